The molecule has 2 unspecified atom stereocenters. The SMILES string of the molecule is CC(=O)Oc1c2c(c(CC=C(C)C)c3c1C(=O)C1=C4[C@@H]5CC[C@@]1(O3)C(C/C=C(\C)C(=O)O)(OC4(C)C)C5=O)OC(C)(CCC=C(C)C)C=C2. The van der Waals surface area contributed by atoms with E-state index in [0.29, 0.717) is 53.7 Å². The van der Waals surface area contributed by atoms with E-state index < -0.39 is 40.3 Å². The fraction of sp³-hybridized carbons (Fsp3) is 0.500. The molecular weight excluding hydrogens is 624 g/mol. The van der Waals surface area contributed by atoms with Crippen molar-refractivity contribution in [3.63, 3.8) is 0 Å². The summed E-state index contributed by atoms with van der Waals surface area (Å²) in [5, 5.41) is 9.70. The third-order valence-electron chi connectivity index (χ3n) is 10.6. The Morgan fingerprint density at radius 1 is 0.980 bits per heavy atom. The molecule has 4 heterocycles. The molecule has 4 bridgehead atoms. The number of aliphatic carboxylic acids is 1. The van der Waals surface area contributed by atoms with Crippen molar-refractivity contribution in [1.82, 2.24) is 0 Å². The molecule has 260 valence electrons. The van der Waals surface area contributed by atoms with Crippen molar-refractivity contribution in [2.24, 2.45) is 5.92 Å². The van der Waals surface area contributed by atoms with Crippen LogP contribution in [-0.4, -0.2) is 51.0 Å². The summed E-state index contributed by atoms with van der Waals surface area (Å²) in [4.78, 5) is 54.2. The summed E-state index contributed by atoms with van der Waals surface area (Å²) >= 11 is 0. The Balaban J connectivity index is 1.65. The summed E-state index contributed by atoms with van der Waals surface area (Å²) < 4.78 is 26.6. The van der Waals surface area contributed by atoms with E-state index in [-0.39, 0.29) is 40.6 Å². The molecule has 9 nitrogen and oxygen atoms in total. The number of benzene rings is 1. The maximum atomic E-state index is 15.2. The fourth-order valence-electron chi connectivity index (χ4n) is 8.37. The summed E-state index contributed by atoms with van der Waals surface area (Å²) in [6.45, 7) is 16.5. The Morgan fingerprint density at radius 2 is 1.67 bits per heavy atom. The molecule has 49 heavy (non-hydrogen) atoms. The number of hydrogen-bond donors (Lipinski definition) is 1. The van der Waals surface area contributed by atoms with E-state index in [4.69, 9.17) is 18.9 Å². The molecular formula is C40H46O9. The molecule has 0 amide bonds. The van der Waals surface area contributed by atoms with E-state index >= 15 is 4.79 Å². The number of Topliss-reactive ketones (excluding diaryl/α,β-unsaturated/α-hetero) is 2. The summed E-state index contributed by atoms with van der Waals surface area (Å²) in [6.07, 6.45) is 12.0. The number of esters is 1. The molecule has 4 aliphatic heterocycles. The van der Waals surface area contributed by atoms with Crippen molar-refractivity contribution in [2.75, 3.05) is 0 Å². The second kappa shape index (κ2) is 11.7. The first-order valence-corrected chi connectivity index (χ1v) is 17.1. The van der Waals surface area contributed by atoms with Crippen LogP contribution in [-0.2, 0) is 25.5 Å². The van der Waals surface area contributed by atoms with Gasteiger partial charge >= 0.3 is 11.9 Å². The molecule has 0 aromatic heterocycles. The van der Waals surface area contributed by atoms with Crippen LogP contribution in [0.5, 0.6) is 17.2 Å². The zero-order valence-corrected chi connectivity index (χ0v) is 29.9. The maximum Gasteiger partial charge on any atom is 0.330 e. The third kappa shape index (κ3) is 5.23. The van der Waals surface area contributed by atoms with Crippen LogP contribution in [0.4, 0.5) is 0 Å². The van der Waals surface area contributed by atoms with E-state index in [1.54, 1.807) is 0 Å². The molecule has 3 aliphatic carbocycles. The van der Waals surface area contributed by atoms with E-state index in [2.05, 4.69) is 6.08 Å². The number of rotatable bonds is 9. The number of carboxylic acids is 1. The van der Waals surface area contributed by atoms with Gasteiger partial charge in [-0.25, -0.2) is 4.79 Å². The Morgan fingerprint density at radius 3 is 2.31 bits per heavy atom. The smallest absolute Gasteiger partial charge is 0.330 e. The van der Waals surface area contributed by atoms with Crippen LogP contribution < -0.4 is 14.2 Å². The Hall–Kier alpha value is -4.24. The van der Waals surface area contributed by atoms with Gasteiger partial charge in [-0.1, -0.05) is 29.4 Å². The zero-order valence-electron chi connectivity index (χ0n) is 29.9. The van der Waals surface area contributed by atoms with Crippen LogP contribution in [0, 0.1) is 5.92 Å². The number of fused-ring (bicyclic) bond motifs is 4. The summed E-state index contributed by atoms with van der Waals surface area (Å²) in [5.74, 6) is -2.18. The molecule has 1 saturated heterocycles. The fourth-order valence-corrected chi connectivity index (χ4v) is 8.37. The number of carbonyl (C=O) groups is 4. The molecule has 4 atom stereocenters. The molecule has 2 fully saturated rings. The summed E-state index contributed by atoms with van der Waals surface area (Å²) in [5.41, 5.74) is -0.480. The molecule has 9 heteroatoms. The number of hydrogen-bond acceptors (Lipinski definition) is 8. The molecule has 1 spiro atoms. The molecule has 1 saturated carbocycles. The molecule has 0 radical (unpaired) electrons. The molecule has 8 rings (SSSR count). The van der Waals surface area contributed by atoms with Gasteiger partial charge in [-0.2, -0.15) is 0 Å². The topological polar surface area (TPSA) is 125 Å². The Labute approximate surface area is 287 Å². The van der Waals surface area contributed by atoms with E-state index in [1.165, 1.54) is 25.5 Å². The van der Waals surface area contributed by atoms with Crippen LogP contribution in [0.3, 0.4) is 0 Å². The van der Waals surface area contributed by atoms with Gasteiger partial charge in [0.25, 0.3) is 0 Å². The van der Waals surface area contributed by atoms with Crippen LogP contribution >= 0.6 is 0 Å². The third-order valence-corrected chi connectivity index (χ3v) is 10.6. The zero-order chi connectivity index (χ0) is 35.8. The van der Waals surface area contributed by atoms with E-state index in [1.807, 2.05) is 66.7 Å². The second-order valence-electron chi connectivity index (χ2n) is 15.2. The quantitative estimate of drug-likeness (QED) is 0.122. The van der Waals surface area contributed by atoms with Crippen LogP contribution in [0.15, 0.2) is 52.2 Å². The van der Waals surface area contributed by atoms with Gasteiger partial charge in [-0.15, -0.1) is 0 Å². The normalized spacial score (nSPS) is 28.6. The molecule has 1 aromatic carbocycles. The number of ketones is 2. The summed E-state index contributed by atoms with van der Waals surface area (Å²) in [6, 6.07) is 0. The maximum absolute atomic E-state index is 15.2. The lowest BCUT2D eigenvalue weighted by molar-refractivity contribution is -0.244. The van der Waals surface area contributed by atoms with E-state index in [9.17, 15) is 19.5 Å². The Bertz CT molecular complexity index is 1860. The van der Waals surface area contributed by atoms with Gasteiger partial charge in [0.05, 0.1) is 11.2 Å². The lowest BCUT2D eigenvalue weighted by Crippen LogP contribution is -2.79. The van der Waals surface area contributed by atoms with Crippen molar-refractivity contribution in [3.8, 4) is 17.2 Å². The number of carbonyl (C=O) groups excluding carboxylic acids is 3. The lowest BCUT2D eigenvalue weighted by atomic mass is 9.48. The monoisotopic (exact) mass is 670 g/mol. The molecule has 1 N–H and O–H groups in total. The highest BCUT2D eigenvalue weighted by molar-refractivity contribution is 6.20. The van der Waals surface area contributed by atoms with Gasteiger partial charge in [-0.05, 0) is 105 Å². The molecule has 7 aliphatic rings. The van der Waals surface area contributed by atoms with Gasteiger partial charge in [0.2, 0.25) is 5.78 Å². The average molecular weight is 671 g/mol. The summed E-state index contributed by atoms with van der Waals surface area (Å²) in [7, 11) is 0. The van der Waals surface area contributed by atoms with Gasteiger partial charge < -0.3 is 24.1 Å². The van der Waals surface area contributed by atoms with Gasteiger partial charge in [-0.3, -0.25) is 14.4 Å². The van der Waals surface area contributed by atoms with Crippen molar-refractivity contribution in [3.05, 3.63) is 68.9 Å². The largest absolute Gasteiger partial charge is 0.482 e. The van der Waals surface area contributed by atoms with E-state index in [0.717, 1.165) is 12.0 Å². The minimum absolute atomic E-state index is 0.0586. The van der Waals surface area contributed by atoms with Crippen molar-refractivity contribution >= 4 is 29.6 Å². The highest BCUT2D eigenvalue weighted by Gasteiger charge is 2.77. The highest BCUT2D eigenvalue weighted by Crippen LogP contribution is 2.67. The minimum atomic E-state index is -1.66. The number of carboxylic acid groups (broad SMARTS) is 1. The predicted octanol–water partition coefficient (Wildman–Crippen LogP) is 7.60. The standard InChI is InChI=1S/C40H46O9/c1-21(2)11-10-17-38(9)18-15-27-32(47-38)26(13-12-22(3)4)34-28(33(27)46-24(6)41)31(42)30-29-25-16-20-39(30,48-34)40(35(25)43,49-37(29,7)8)19-14-23(5)36(44)45/h11-12,14-15,18,25H,10,13,16-17,19-20H2,1-9H3,(H,44,45)/b23-14+/t25-,38?,39-,40?/m0/s1. The van der Waals surface area contributed by atoms with Crippen LogP contribution in [0.2, 0.25) is 0 Å². The van der Waals surface area contributed by atoms with Crippen LogP contribution in [0.1, 0.15) is 116 Å². The predicted molar refractivity (Wildman–Crippen MR) is 184 cm³/mol. The van der Waals surface area contributed by atoms with Crippen molar-refractivity contribution < 1.29 is 43.2 Å². The van der Waals surface area contributed by atoms with Crippen molar-refractivity contribution in [1.29, 1.82) is 0 Å². The Kier molecular flexibility index (Phi) is 8.25. The first kappa shape index (κ1) is 34.6. The van der Waals surface area contributed by atoms with Gasteiger partial charge in [0.1, 0.15) is 22.7 Å². The average Bonchev–Trinajstić information content (AvgIpc) is 2.99. The molecule has 1 aromatic rings. The highest BCUT2D eigenvalue weighted by atomic mass is 16.6. The van der Waals surface area contributed by atoms with Gasteiger partial charge in [0.15, 0.2) is 22.7 Å². The van der Waals surface area contributed by atoms with Crippen molar-refractivity contribution in [2.45, 2.75) is 123 Å². The lowest BCUT2D eigenvalue weighted by Gasteiger charge is -2.66. The number of ether oxygens (including phenoxy) is 4. The first-order chi connectivity index (χ1) is 22.9. The minimum Gasteiger partial charge on any atom is -0.482 e. The van der Waals surface area contributed by atoms with Gasteiger partial charge in [0, 0.05) is 36.0 Å². The number of allylic oxidation sites excluding steroid dienone is 4. The van der Waals surface area contributed by atoms with Crippen LogP contribution in [0.25, 0.3) is 6.08 Å². The first-order valence-electron chi connectivity index (χ1n) is 17.1. The second-order valence-corrected chi connectivity index (χ2v) is 15.2.